The minimum atomic E-state index is -0.130. The third kappa shape index (κ3) is 4.40. The third-order valence-corrected chi connectivity index (χ3v) is 5.39. The van der Waals surface area contributed by atoms with Crippen molar-refractivity contribution in [3.63, 3.8) is 0 Å². The molecule has 1 aliphatic rings. The Hall–Kier alpha value is -3.34. The predicted molar refractivity (Wildman–Crippen MR) is 119 cm³/mol. The Morgan fingerprint density at radius 1 is 0.862 bits per heavy atom. The van der Waals surface area contributed by atoms with Gasteiger partial charge in [0.2, 0.25) is 0 Å². The standard InChI is InChI=1S/C24H26N4O/c1-18-6-5-8-20(16-18)27-12-14-28(15-13-27)21-10-11-23(25-17-21)26-24(29)22-9-4-3-7-19(22)2/h3-11,16-17H,12-15H2,1-2H3,(H,25,26,29). The van der Waals surface area contributed by atoms with E-state index in [4.69, 9.17) is 0 Å². The molecular weight excluding hydrogens is 360 g/mol. The van der Waals surface area contributed by atoms with Gasteiger partial charge in [-0.25, -0.2) is 4.98 Å². The molecule has 4 rings (SSSR count). The fourth-order valence-electron chi connectivity index (χ4n) is 3.71. The Morgan fingerprint density at radius 2 is 1.59 bits per heavy atom. The van der Waals surface area contributed by atoms with Crippen molar-refractivity contribution in [2.45, 2.75) is 13.8 Å². The number of carbonyl (C=O) groups is 1. The number of nitrogens with zero attached hydrogens (tertiary/aromatic N) is 3. The van der Waals surface area contributed by atoms with E-state index in [1.54, 1.807) is 0 Å². The minimum absolute atomic E-state index is 0.130. The van der Waals surface area contributed by atoms with Crippen molar-refractivity contribution in [2.75, 3.05) is 41.3 Å². The molecule has 3 aromatic rings. The van der Waals surface area contributed by atoms with Gasteiger partial charge in [0.1, 0.15) is 5.82 Å². The Labute approximate surface area is 172 Å². The molecule has 5 nitrogen and oxygen atoms in total. The van der Waals surface area contributed by atoms with Crippen molar-refractivity contribution >= 4 is 23.1 Å². The molecule has 0 aliphatic carbocycles. The van der Waals surface area contributed by atoms with Crippen LogP contribution in [0.25, 0.3) is 0 Å². The third-order valence-electron chi connectivity index (χ3n) is 5.39. The number of anilines is 3. The van der Waals surface area contributed by atoms with Crippen LogP contribution >= 0.6 is 0 Å². The number of hydrogen-bond acceptors (Lipinski definition) is 4. The van der Waals surface area contributed by atoms with Crippen molar-refractivity contribution in [1.82, 2.24) is 4.98 Å². The first-order valence-electron chi connectivity index (χ1n) is 10.00. The van der Waals surface area contributed by atoms with Gasteiger partial charge in [0.25, 0.3) is 5.91 Å². The lowest BCUT2D eigenvalue weighted by molar-refractivity contribution is 0.102. The summed E-state index contributed by atoms with van der Waals surface area (Å²) in [7, 11) is 0. The van der Waals surface area contributed by atoms with Crippen molar-refractivity contribution in [1.29, 1.82) is 0 Å². The Morgan fingerprint density at radius 3 is 2.24 bits per heavy atom. The van der Waals surface area contributed by atoms with Crippen LogP contribution in [-0.4, -0.2) is 37.1 Å². The quantitative estimate of drug-likeness (QED) is 0.727. The fourth-order valence-corrected chi connectivity index (χ4v) is 3.71. The van der Waals surface area contributed by atoms with Gasteiger partial charge >= 0.3 is 0 Å². The number of rotatable bonds is 4. The molecule has 0 spiro atoms. The maximum atomic E-state index is 12.4. The molecule has 1 saturated heterocycles. The number of pyridine rings is 1. The van der Waals surface area contributed by atoms with Crippen LogP contribution in [-0.2, 0) is 0 Å². The smallest absolute Gasteiger partial charge is 0.257 e. The normalized spacial score (nSPS) is 14.0. The molecule has 0 radical (unpaired) electrons. The van der Waals surface area contributed by atoms with E-state index in [1.165, 1.54) is 11.3 Å². The molecule has 0 unspecified atom stereocenters. The van der Waals surface area contributed by atoms with Gasteiger partial charge in [-0.15, -0.1) is 0 Å². The van der Waals surface area contributed by atoms with Crippen molar-refractivity contribution in [2.24, 2.45) is 0 Å². The molecule has 2 aromatic carbocycles. The second kappa shape index (κ2) is 8.35. The van der Waals surface area contributed by atoms with Gasteiger partial charge in [0.05, 0.1) is 11.9 Å². The molecule has 5 heteroatoms. The van der Waals surface area contributed by atoms with Gasteiger partial charge in [-0.05, 0) is 55.3 Å². The van der Waals surface area contributed by atoms with Crippen LogP contribution < -0.4 is 15.1 Å². The Bertz CT molecular complexity index is 992. The van der Waals surface area contributed by atoms with Crippen LogP contribution in [0.3, 0.4) is 0 Å². The molecule has 29 heavy (non-hydrogen) atoms. The van der Waals surface area contributed by atoms with E-state index in [-0.39, 0.29) is 5.91 Å². The van der Waals surface area contributed by atoms with Crippen molar-refractivity contribution in [3.8, 4) is 0 Å². The summed E-state index contributed by atoms with van der Waals surface area (Å²) in [6.07, 6.45) is 1.84. The maximum absolute atomic E-state index is 12.4. The maximum Gasteiger partial charge on any atom is 0.257 e. The van der Waals surface area contributed by atoms with E-state index in [0.29, 0.717) is 11.4 Å². The highest BCUT2D eigenvalue weighted by Crippen LogP contribution is 2.22. The number of piperazine rings is 1. The Balaban J connectivity index is 1.36. The van der Waals surface area contributed by atoms with E-state index in [9.17, 15) is 4.79 Å². The first-order chi connectivity index (χ1) is 14.1. The number of aryl methyl sites for hydroxylation is 2. The number of benzene rings is 2. The lowest BCUT2D eigenvalue weighted by atomic mass is 10.1. The molecule has 1 fully saturated rings. The monoisotopic (exact) mass is 386 g/mol. The van der Waals surface area contributed by atoms with Gasteiger partial charge in [0.15, 0.2) is 0 Å². The number of hydrogen-bond donors (Lipinski definition) is 1. The van der Waals surface area contributed by atoms with Gasteiger partial charge < -0.3 is 15.1 Å². The lowest BCUT2D eigenvalue weighted by Crippen LogP contribution is -2.46. The summed E-state index contributed by atoms with van der Waals surface area (Å²) >= 11 is 0. The summed E-state index contributed by atoms with van der Waals surface area (Å²) in [5.41, 5.74) is 5.29. The van der Waals surface area contributed by atoms with Gasteiger partial charge in [0, 0.05) is 37.4 Å². The van der Waals surface area contributed by atoms with Crippen LogP contribution in [0.15, 0.2) is 66.9 Å². The summed E-state index contributed by atoms with van der Waals surface area (Å²) in [6, 6.07) is 20.1. The van der Waals surface area contributed by atoms with Gasteiger partial charge in [-0.3, -0.25) is 4.79 Å². The van der Waals surface area contributed by atoms with Crippen LogP contribution in [0.2, 0.25) is 0 Å². The average Bonchev–Trinajstić information content (AvgIpc) is 2.75. The van der Waals surface area contributed by atoms with E-state index < -0.39 is 0 Å². The van der Waals surface area contributed by atoms with E-state index >= 15 is 0 Å². The second-order valence-electron chi connectivity index (χ2n) is 7.48. The summed E-state index contributed by atoms with van der Waals surface area (Å²) in [5, 5.41) is 2.89. The highest BCUT2D eigenvalue weighted by Gasteiger charge is 2.18. The average molecular weight is 386 g/mol. The van der Waals surface area contributed by atoms with Crippen LogP contribution in [0.5, 0.6) is 0 Å². The molecule has 0 saturated carbocycles. The van der Waals surface area contributed by atoms with Gasteiger partial charge in [-0.1, -0.05) is 30.3 Å². The van der Waals surface area contributed by atoms with Crippen LogP contribution in [0.1, 0.15) is 21.5 Å². The van der Waals surface area contributed by atoms with E-state index in [1.807, 2.05) is 49.5 Å². The van der Waals surface area contributed by atoms with E-state index in [2.05, 4.69) is 51.3 Å². The molecule has 1 aromatic heterocycles. The van der Waals surface area contributed by atoms with Crippen molar-refractivity contribution < 1.29 is 4.79 Å². The molecule has 2 heterocycles. The molecule has 0 atom stereocenters. The largest absolute Gasteiger partial charge is 0.368 e. The highest BCUT2D eigenvalue weighted by molar-refractivity contribution is 6.04. The summed E-state index contributed by atoms with van der Waals surface area (Å²) in [4.78, 5) is 21.7. The zero-order valence-corrected chi connectivity index (χ0v) is 16.9. The molecule has 1 aliphatic heterocycles. The summed E-state index contributed by atoms with van der Waals surface area (Å²) in [6.45, 7) is 7.92. The number of amides is 1. The zero-order chi connectivity index (χ0) is 20.2. The topological polar surface area (TPSA) is 48.5 Å². The number of carbonyl (C=O) groups excluding carboxylic acids is 1. The fraction of sp³-hybridized carbons (Fsp3) is 0.250. The summed E-state index contributed by atoms with van der Waals surface area (Å²) < 4.78 is 0. The van der Waals surface area contributed by atoms with Gasteiger partial charge in [-0.2, -0.15) is 0 Å². The summed E-state index contributed by atoms with van der Waals surface area (Å²) in [5.74, 6) is 0.440. The molecule has 0 bridgehead atoms. The Kier molecular flexibility index (Phi) is 5.47. The molecule has 148 valence electrons. The predicted octanol–water partition coefficient (Wildman–Crippen LogP) is 4.28. The SMILES string of the molecule is Cc1cccc(N2CCN(c3ccc(NC(=O)c4ccccc4C)nc3)CC2)c1. The highest BCUT2D eigenvalue weighted by atomic mass is 16.1. The first kappa shape index (κ1) is 19.0. The van der Waals surface area contributed by atoms with E-state index in [0.717, 1.165) is 37.4 Å². The molecule has 1 N–H and O–H groups in total. The van der Waals surface area contributed by atoms with Crippen LogP contribution in [0, 0.1) is 13.8 Å². The zero-order valence-electron chi connectivity index (χ0n) is 16.9. The van der Waals surface area contributed by atoms with Crippen molar-refractivity contribution in [3.05, 3.63) is 83.6 Å². The molecular formula is C24H26N4O. The first-order valence-corrected chi connectivity index (χ1v) is 10.00. The molecule has 1 amide bonds. The minimum Gasteiger partial charge on any atom is -0.368 e. The number of aromatic nitrogens is 1. The number of nitrogens with one attached hydrogen (secondary N) is 1. The lowest BCUT2D eigenvalue weighted by Gasteiger charge is -2.37. The second-order valence-corrected chi connectivity index (χ2v) is 7.48. The van der Waals surface area contributed by atoms with Crippen LogP contribution in [0.4, 0.5) is 17.2 Å².